The summed E-state index contributed by atoms with van der Waals surface area (Å²) in [5.74, 6) is 6.74. The molecule has 20 heavy (non-hydrogen) atoms. The van der Waals surface area contributed by atoms with Crippen LogP contribution < -0.4 is 11.5 Å². The van der Waals surface area contributed by atoms with Gasteiger partial charge in [0.1, 0.15) is 5.82 Å². The molecule has 5 heteroatoms. The second kappa shape index (κ2) is 5.17. The Bertz CT molecular complexity index is 657. The number of hydrogen-bond acceptors (Lipinski definition) is 5. The standard InChI is InChI=1S/C15H17N5/c1-10-12(13(16)20-14(17)19-10)6-7-15(2,3)11-5-4-8-18-9-11/h4-5,8-9H,1-3H3,(H4,16,17,19,20). The third-order valence-corrected chi connectivity index (χ3v) is 3.02. The molecule has 0 amide bonds. The zero-order chi connectivity index (χ0) is 14.8. The normalized spacial score (nSPS) is 10.8. The van der Waals surface area contributed by atoms with Crippen LogP contribution in [0.2, 0.25) is 0 Å². The van der Waals surface area contributed by atoms with Crippen molar-refractivity contribution in [3.05, 3.63) is 41.3 Å². The van der Waals surface area contributed by atoms with Gasteiger partial charge in [-0.1, -0.05) is 17.9 Å². The third kappa shape index (κ3) is 2.86. The van der Waals surface area contributed by atoms with Crippen LogP contribution in [0.4, 0.5) is 11.8 Å². The molecule has 0 spiro atoms. The van der Waals surface area contributed by atoms with Crippen molar-refractivity contribution >= 4 is 11.8 Å². The van der Waals surface area contributed by atoms with E-state index in [2.05, 4.69) is 26.8 Å². The van der Waals surface area contributed by atoms with E-state index in [4.69, 9.17) is 11.5 Å². The van der Waals surface area contributed by atoms with Crippen molar-refractivity contribution in [1.29, 1.82) is 0 Å². The van der Waals surface area contributed by atoms with E-state index in [1.54, 1.807) is 6.20 Å². The maximum atomic E-state index is 5.84. The van der Waals surface area contributed by atoms with Gasteiger partial charge in [0.05, 0.1) is 16.7 Å². The second-order valence-electron chi connectivity index (χ2n) is 5.04. The van der Waals surface area contributed by atoms with Crippen molar-refractivity contribution < 1.29 is 0 Å². The molecule has 4 N–H and O–H groups in total. The van der Waals surface area contributed by atoms with E-state index in [1.165, 1.54) is 0 Å². The summed E-state index contributed by atoms with van der Waals surface area (Å²) in [5.41, 5.74) is 13.4. The van der Waals surface area contributed by atoms with Crippen LogP contribution in [0.15, 0.2) is 24.5 Å². The molecule has 2 heterocycles. The molecule has 2 aromatic heterocycles. The predicted molar refractivity (Wildman–Crippen MR) is 79.7 cm³/mol. The number of pyridine rings is 1. The summed E-state index contributed by atoms with van der Waals surface area (Å²) in [7, 11) is 0. The lowest BCUT2D eigenvalue weighted by atomic mass is 9.86. The van der Waals surface area contributed by atoms with Crippen LogP contribution in [0, 0.1) is 18.8 Å². The minimum Gasteiger partial charge on any atom is -0.382 e. The highest BCUT2D eigenvalue weighted by Crippen LogP contribution is 2.22. The Hall–Kier alpha value is -2.61. The minimum absolute atomic E-state index is 0.164. The first-order chi connectivity index (χ1) is 9.40. The van der Waals surface area contributed by atoms with Crippen LogP contribution in [0.3, 0.4) is 0 Å². The molecule has 2 aromatic rings. The van der Waals surface area contributed by atoms with E-state index < -0.39 is 0 Å². The van der Waals surface area contributed by atoms with E-state index >= 15 is 0 Å². The quantitative estimate of drug-likeness (QED) is 0.767. The fourth-order valence-electron chi connectivity index (χ4n) is 1.80. The first kappa shape index (κ1) is 13.8. The van der Waals surface area contributed by atoms with Gasteiger partial charge in [0, 0.05) is 12.4 Å². The molecule has 0 unspecified atom stereocenters. The average Bonchev–Trinajstić information content (AvgIpc) is 2.38. The summed E-state index contributed by atoms with van der Waals surface area (Å²) in [6, 6.07) is 3.89. The van der Waals surface area contributed by atoms with Crippen molar-refractivity contribution in [2.45, 2.75) is 26.2 Å². The van der Waals surface area contributed by atoms with E-state index in [1.807, 2.05) is 39.1 Å². The Morgan fingerprint density at radius 3 is 2.55 bits per heavy atom. The summed E-state index contributed by atoms with van der Waals surface area (Å²) in [6.07, 6.45) is 3.55. The van der Waals surface area contributed by atoms with Gasteiger partial charge in [-0.3, -0.25) is 4.98 Å². The number of aromatic nitrogens is 3. The highest BCUT2D eigenvalue weighted by Gasteiger charge is 2.17. The highest BCUT2D eigenvalue weighted by atomic mass is 15.0. The molecule has 0 aliphatic rings. The molecular weight excluding hydrogens is 250 g/mol. The Kier molecular flexibility index (Phi) is 3.57. The Balaban J connectivity index is 2.41. The molecule has 2 rings (SSSR count). The molecule has 0 saturated carbocycles. The van der Waals surface area contributed by atoms with Crippen molar-refractivity contribution in [2.24, 2.45) is 0 Å². The number of aryl methyl sites for hydroxylation is 1. The molecule has 0 bridgehead atoms. The monoisotopic (exact) mass is 267 g/mol. The molecular formula is C15H17N5. The van der Waals surface area contributed by atoms with Crippen molar-refractivity contribution in [3.8, 4) is 11.8 Å². The lowest BCUT2D eigenvalue weighted by Crippen LogP contribution is -2.14. The fourth-order valence-corrected chi connectivity index (χ4v) is 1.80. The Morgan fingerprint density at radius 2 is 1.95 bits per heavy atom. The van der Waals surface area contributed by atoms with Crippen molar-refractivity contribution in [2.75, 3.05) is 11.5 Å². The van der Waals surface area contributed by atoms with Gasteiger partial charge >= 0.3 is 0 Å². The summed E-state index contributed by atoms with van der Waals surface area (Å²) >= 11 is 0. The molecule has 0 radical (unpaired) electrons. The van der Waals surface area contributed by atoms with Gasteiger partial charge < -0.3 is 11.5 Å². The SMILES string of the molecule is Cc1nc(N)nc(N)c1C#CC(C)(C)c1cccnc1. The lowest BCUT2D eigenvalue weighted by Gasteiger charge is -2.17. The fraction of sp³-hybridized carbons (Fsp3) is 0.267. The number of nitrogen functional groups attached to an aromatic ring is 2. The zero-order valence-electron chi connectivity index (χ0n) is 11.8. The van der Waals surface area contributed by atoms with Crippen molar-refractivity contribution in [3.63, 3.8) is 0 Å². The zero-order valence-corrected chi connectivity index (χ0v) is 11.8. The van der Waals surface area contributed by atoms with Crippen LogP contribution in [-0.2, 0) is 5.41 Å². The van der Waals surface area contributed by atoms with Gasteiger partial charge in [-0.2, -0.15) is 4.98 Å². The molecule has 0 aliphatic carbocycles. The van der Waals surface area contributed by atoms with E-state index in [0.29, 0.717) is 17.1 Å². The summed E-state index contributed by atoms with van der Waals surface area (Å²) in [6.45, 7) is 5.87. The molecule has 102 valence electrons. The molecule has 0 aromatic carbocycles. The molecule has 0 aliphatic heterocycles. The summed E-state index contributed by atoms with van der Waals surface area (Å²) < 4.78 is 0. The third-order valence-electron chi connectivity index (χ3n) is 3.02. The van der Waals surface area contributed by atoms with Crippen LogP contribution in [0.1, 0.15) is 30.7 Å². The Morgan fingerprint density at radius 1 is 1.20 bits per heavy atom. The van der Waals surface area contributed by atoms with Gasteiger partial charge in [0.15, 0.2) is 0 Å². The van der Waals surface area contributed by atoms with E-state index in [9.17, 15) is 0 Å². The summed E-state index contributed by atoms with van der Waals surface area (Å²) in [5, 5.41) is 0. The molecule has 0 saturated heterocycles. The molecule has 0 atom stereocenters. The predicted octanol–water partition coefficient (Wildman–Crippen LogP) is 1.67. The average molecular weight is 267 g/mol. The number of anilines is 2. The first-order valence-electron chi connectivity index (χ1n) is 6.23. The topological polar surface area (TPSA) is 90.7 Å². The molecule has 5 nitrogen and oxygen atoms in total. The number of nitrogens with two attached hydrogens (primary N) is 2. The maximum Gasteiger partial charge on any atom is 0.222 e. The Labute approximate surface area is 118 Å². The first-order valence-corrected chi connectivity index (χ1v) is 6.23. The van der Waals surface area contributed by atoms with Crippen LogP contribution in [0.5, 0.6) is 0 Å². The minimum atomic E-state index is -0.339. The smallest absolute Gasteiger partial charge is 0.222 e. The second-order valence-corrected chi connectivity index (χ2v) is 5.04. The van der Waals surface area contributed by atoms with Gasteiger partial charge in [0.2, 0.25) is 5.95 Å². The van der Waals surface area contributed by atoms with Crippen molar-refractivity contribution in [1.82, 2.24) is 15.0 Å². The van der Waals surface area contributed by atoms with Gasteiger partial charge in [-0.15, -0.1) is 0 Å². The maximum absolute atomic E-state index is 5.84. The number of rotatable bonds is 1. The van der Waals surface area contributed by atoms with Crippen LogP contribution in [0.25, 0.3) is 0 Å². The lowest BCUT2D eigenvalue weighted by molar-refractivity contribution is 0.694. The van der Waals surface area contributed by atoms with E-state index in [0.717, 1.165) is 5.56 Å². The van der Waals surface area contributed by atoms with Crippen LogP contribution in [-0.4, -0.2) is 15.0 Å². The largest absolute Gasteiger partial charge is 0.382 e. The van der Waals surface area contributed by atoms with Gasteiger partial charge in [-0.05, 0) is 32.4 Å². The molecule has 0 fully saturated rings. The van der Waals surface area contributed by atoms with Crippen LogP contribution >= 0.6 is 0 Å². The number of nitrogens with zero attached hydrogens (tertiary/aromatic N) is 3. The highest BCUT2D eigenvalue weighted by molar-refractivity contribution is 5.56. The van der Waals surface area contributed by atoms with Gasteiger partial charge in [-0.25, -0.2) is 4.98 Å². The van der Waals surface area contributed by atoms with Gasteiger partial charge in [0.25, 0.3) is 0 Å². The number of hydrogen-bond donors (Lipinski definition) is 2. The van der Waals surface area contributed by atoms with E-state index in [-0.39, 0.29) is 11.4 Å². The summed E-state index contributed by atoms with van der Waals surface area (Å²) in [4.78, 5) is 12.1.